The van der Waals surface area contributed by atoms with Gasteiger partial charge in [0.05, 0.1) is 17.3 Å². The van der Waals surface area contributed by atoms with Crippen LogP contribution in [0.2, 0.25) is 0 Å². The van der Waals surface area contributed by atoms with Crippen molar-refractivity contribution in [3.8, 4) is 23.8 Å². The molecular weight excluding hydrogens is 352 g/mol. The molecule has 0 fully saturated rings. The van der Waals surface area contributed by atoms with E-state index in [0.29, 0.717) is 18.4 Å². The van der Waals surface area contributed by atoms with Crippen molar-refractivity contribution >= 4 is 5.97 Å². The van der Waals surface area contributed by atoms with Crippen LogP contribution >= 0.6 is 0 Å². The summed E-state index contributed by atoms with van der Waals surface area (Å²) in [7, 11) is 0. The van der Waals surface area contributed by atoms with Gasteiger partial charge in [-0.25, -0.2) is 4.79 Å². The van der Waals surface area contributed by atoms with E-state index in [4.69, 9.17) is 5.11 Å². The number of nitrogens with zero attached hydrogens (tertiary/aromatic N) is 2. The lowest BCUT2D eigenvalue weighted by molar-refractivity contribution is 0.0697. The van der Waals surface area contributed by atoms with Gasteiger partial charge in [0.2, 0.25) is 0 Å². The predicted molar refractivity (Wildman–Crippen MR) is 106 cm³/mol. The second-order valence-electron chi connectivity index (χ2n) is 5.89. The molecule has 0 saturated heterocycles. The fraction of sp³-hybridized carbons (Fsp3) is 0.0870. The number of aromatic nitrogens is 2. The Labute approximate surface area is 162 Å². The number of hydrogen-bond acceptors (Lipinski definition) is 3. The van der Waals surface area contributed by atoms with Gasteiger partial charge in [-0.1, -0.05) is 60.2 Å². The van der Waals surface area contributed by atoms with Crippen LogP contribution in [0.5, 0.6) is 0 Å². The Morgan fingerprint density at radius 1 is 0.929 bits per heavy atom. The van der Waals surface area contributed by atoms with Gasteiger partial charge >= 0.3 is 5.97 Å². The van der Waals surface area contributed by atoms with Crippen molar-refractivity contribution in [3.05, 3.63) is 99.5 Å². The summed E-state index contributed by atoms with van der Waals surface area (Å²) in [5, 5.41) is 12.9. The number of aromatic carboxylic acids is 1. The molecule has 0 aliphatic rings. The Kier molecular flexibility index (Phi) is 6.02. The Morgan fingerprint density at radius 2 is 1.61 bits per heavy atom. The molecule has 1 heterocycles. The first kappa shape index (κ1) is 18.7. The lowest BCUT2D eigenvalue weighted by Crippen LogP contribution is -2.21. The molecule has 0 unspecified atom stereocenters. The molecule has 0 atom stereocenters. The molecule has 28 heavy (non-hydrogen) atoms. The summed E-state index contributed by atoms with van der Waals surface area (Å²) < 4.78 is 1.07. The van der Waals surface area contributed by atoms with Crippen LogP contribution in [-0.2, 0) is 12.8 Å². The second kappa shape index (κ2) is 9.02. The monoisotopic (exact) mass is 368 g/mol. The molecule has 0 aliphatic carbocycles. The topological polar surface area (TPSA) is 72.2 Å². The molecule has 0 saturated carbocycles. The molecule has 5 heteroatoms. The Morgan fingerprint density at radius 3 is 2.32 bits per heavy atom. The van der Waals surface area contributed by atoms with Crippen molar-refractivity contribution in [3.63, 3.8) is 0 Å². The molecule has 5 nitrogen and oxygen atoms in total. The molecule has 3 aromatic rings. The first-order valence-corrected chi connectivity index (χ1v) is 8.56. The summed E-state index contributed by atoms with van der Waals surface area (Å²) in [5.41, 5.74) is 2.13. The third-order valence-electron chi connectivity index (χ3n) is 3.88. The molecule has 0 amide bonds. The third-order valence-corrected chi connectivity index (χ3v) is 3.88. The van der Waals surface area contributed by atoms with Crippen LogP contribution in [0.25, 0.3) is 0 Å². The standard InChI is InChI=1S/C23H16N2O3/c26-22-20(10-4-8-18-6-2-1-3-7-18)15-16-24-25(22)17-5-9-19-11-13-21(14-12-19)23(27)28/h1-3,6-7,11-16H,8-9H2,(H,27,28). The molecule has 0 radical (unpaired) electrons. The minimum Gasteiger partial charge on any atom is -0.478 e. The SMILES string of the molecule is O=C(O)c1ccc(CC#Cn2nccc(C#CCc3ccccc3)c2=O)cc1. The van der Waals surface area contributed by atoms with E-state index >= 15 is 0 Å². The van der Waals surface area contributed by atoms with Crippen LogP contribution in [0.15, 0.2) is 71.7 Å². The zero-order chi connectivity index (χ0) is 19.8. The van der Waals surface area contributed by atoms with Gasteiger partial charge in [-0.05, 0) is 29.3 Å². The molecule has 0 bridgehead atoms. The minimum atomic E-state index is -0.974. The van der Waals surface area contributed by atoms with Crippen molar-refractivity contribution in [2.75, 3.05) is 0 Å². The fourth-order valence-electron chi connectivity index (χ4n) is 2.41. The Balaban J connectivity index is 1.71. The van der Waals surface area contributed by atoms with Crippen molar-refractivity contribution < 1.29 is 9.90 Å². The van der Waals surface area contributed by atoms with E-state index in [1.807, 2.05) is 30.3 Å². The number of benzene rings is 2. The maximum Gasteiger partial charge on any atom is 0.335 e. The predicted octanol–water partition coefficient (Wildman–Crippen LogP) is 2.59. The first-order valence-electron chi connectivity index (χ1n) is 8.56. The van der Waals surface area contributed by atoms with Crippen molar-refractivity contribution in [2.24, 2.45) is 0 Å². The van der Waals surface area contributed by atoms with Gasteiger partial charge in [0, 0.05) is 18.9 Å². The molecular formula is C23H16N2O3. The minimum absolute atomic E-state index is 0.219. The van der Waals surface area contributed by atoms with Crippen LogP contribution in [0, 0.1) is 23.8 Å². The maximum absolute atomic E-state index is 12.4. The molecule has 3 rings (SSSR count). The lowest BCUT2D eigenvalue weighted by Gasteiger charge is -1.97. The summed E-state index contributed by atoms with van der Waals surface area (Å²) in [6.45, 7) is 0. The summed E-state index contributed by atoms with van der Waals surface area (Å²) in [4.78, 5) is 23.3. The molecule has 1 N–H and O–H groups in total. The largest absolute Gasteiger partial charge is 0.478 e. The highest BCUT2D eigenvalue weighted by Gasteiger charge is 2.01. The average Bonchev–Trinajstić information content (AvgIpc) is 2.71. The van der Waals surface area contributed by atoms with Gasteiger partial charge < -0.3 is 5.11 Å². The molecule has 2 aromatic carbocycles. The molecule has 136 valence electrons. The van der Waals surface area contributed by atoms with Crippen molar-refractivity contribution in [1.29, 1.82) is 0 Å². The highest BCUT2D eigenvalue weighted by atomic mass is 16.4. The Bertz CT molecular complexity index is 1160. The van der Waals surface area contributed by atoms with Crippen LogP contribution in [-0.4, -0.2) is 20.9 Å². The van der Waals surface area contributed by atoms with Crippen LogP contribution < -0.4 is 5.56 Å². The van der Waals surface area contributed by atoms with E-state index < -0.39 is 5.97 Å². The number of carbonyl (C=O) groups is 1. The van der Waals surface area contributed by atoms with Gasteiger partial charge in [0.15, 0.2) is 0 Å². The molecule has 1 aromatic heterocycles. The van der Waals surface area contributed by atoms with Crippen LogP contribution in [0.1, 0.15) is 27.0 Å². The van der Waals surface area contributed by atoms with E-state index in [1.54, 1.807) is 18.2 Å². The molecule has 0 aliphatic heterocycles. The number of hydrogen-bond donors (Lipinski definition) is 1. The van der Waals surface area contributed by atoms with E-state index in [-0.39, 0.29) is 11.1 Å². The number of carboxylic acids is 1. The van der Waals surface area contributed by atoms with Crippen LogP contribution in [0.3, 0.4) is 0 Å². The highest BCUT2D eigenvalue weighted by molar-refractivity contribution is 5.87. The maximum atomic E-state index is 12.4. The zero-order valence-corrected chi connectivity index (χ0v) is 14.9. The van der Waals surface area contributed by atoms with E-state index in [0.717, 1.165) is 15.8 Å². The van der Waals surface area contributed by atoms with E-state index in [9.17, 15) is 9.59 Å². The quantitative estimate of drug-likeness (QED) is 0.722. The van der Waals surface area contributed by atoms with E-state index in [1.165, 1.54) is 18.3 Å². The second-order valence-corrected chi connectivity index (χ2v) is 5.89. The zero-order valence-electron chi connectivity index (χ0n) is 14.9. The summed E-state index contributed by atoms with van der Waals surface area (Å²) in [6, 6.07) is 20.5. The van der Waals surface area contributed by atoms with Gasteiger partial charge in [-0.15, -0.1) is 0 Å². The summed E-state index contributed by atoms with van der Waals surface area (Å²) in [6.07, 6.45) is 2.42. The van der Waals surface area contributed by atoms with Gasteiger partial charge in [-0.2, -0.15) is 9.78 Å². The van der Waals surface area contributed by atoms with Crippen LogP contribution in [0.4, 0.5) is 0 Å². The highest BCUT2D eigenvalue weighted by Crippen LogP contribution is 2.04. The first-order chi connectivity index (χ1) is 13.6. The summed E-state index contributed by atoms with van der Waals surface area (Å²) in [5.74, 6) is 7.77. The lowest BCUT2D eigenvalue weighted by atomic mass is 10.1. The van der Waals surface area contributed by atoms with Gasteiger partial charge in [0.25, 0.3) is 5.56 Å². The average molecular weight is 368 g/mol. The normalized spacial score (nSPS) is 9.57. The van der Waals surface area contributed by atoms with E-state index in [2.05, 4.69) is 28.9 Å². The smallest absolute Gasteiger partial charge is 0.335 e. The molecule has 0 spiro atoms. The fourth-order valence-corrected chi connectivity index (χ4v) is 2.41. The summed E-state index contributed by atoms with van der Waals surface area (Å²) >= 11 is 0. The number of carboxylic acid groups (broad SMARTS) is 1. The van der Waals surface area contributed by atoms with Crippen molar-refractivity contribution in [1.82, 2.24) is 9.78 Å². The van der Waals surface area contributed by atoms with Gasteiger partial charge in [-0.3, -0.25) is 4.79 Å². The third kappa shape index (κ3) is 4.97. The number of rotatable bonds is 3. The Hall–Kier alpha value is -4.09. The van der Waals surface area contributed by atoms with Crippen molar-refractivity contribution in [2.45, 2.75) is 12.8 Å². The van der Waals surface area contributed by atoms with Gasteiger partial charge in [0.1, 0.15) is 0 Å².